The summed E-state index contributed by atoms with van der Waals surface area (Å²) in [7, 11) is 0. The highest BCUT2D eigenvalue weighted by molar-refractivity contribution is 14.1. The summed E-state index contributed by atoms with van der Waals surface area (Å²) in [5.74, 6) is -0.353. The second-order valence-corrected chi connectivity index (χ2v) is 11.1. The first kappa shape index (κ1) is 20.8. The molecular formula is C18H7I5N2O2. The van der Waals surface area contributed by atoms with Gasteiger partial charge in [-0.1, -0.05) is 30.3 Å². The molecule has 1 aliphatic rings. The topological polar surface area (TPSA) is 65.4 Å². The summed E-state index contributed by atoms with van der Waals surface area (Å²) in [5.41, 5.74) is 3.80. The SMILES string of the molecule is O=C1N=C(c2c(I)c(I)c(I)c(I)c2I)c2c(O)[nH]c(-c3ccccc3)c21. The van der Waals surface area contributed by atoms with E-state index in [1.807, 2.05) is 30.3 Å². The molecule has 0 bridgehead atoms. The number of amides is 1. The predicted molar refractivity (Wildman–Crippen MR) is 148 cm³/mol. The Morgan fingerprint density at radius 1 is 0.778 bits per heavy atom. The Bertz CT molecular complexity index is 1120. The third-order valence-corrected chi connectivity index (χ3v) is 13.7. The number of aromatic amines is 1. The van der Waals surface area contributed by atoms with E-state index in [0.29, 0.717) is 22.5 Å². The lowest BCUT2D eigenvalue weighted by molar-refractivity contribution is 0.101. The number of H-pyrrole nitrogens is 1. The number of fused-ring (bicyclic) bond motifs is 1. The Morgan fingerprint density at radius 2 is 1.33 bits per heavy atom. The average molecular weight is 918 g/mol. The summed E-state index contributed by atoms with van der Waals surface area (Å²) in [6.45, 7) is 0. The first-order valence-electron chi connectivity index (χ1n) is 7.48. The summed E-state index contributed by atoms with van der Waals surface area (Å²) in [5, 5.41) is 10.6. The fraction of sp³-hybridized carbons (Fsp3) is 0. The van der Waals surface area contributed by atoms with Crippen LogP contribution in [0.3, 0.4) is 0 Å². The standard InChI is InChI=1S/C18H7I5N2O2/c19-10-9(11(20)13(22)14(23)12(10)21)16-8-7(17(26)25-16)15(24-18(8)27)6-4-2-1-3-5-6/h1-5,24,27H. The van der Waals surface area contributed by atoms with Crippen molar-refractivity contribution in [2.45, 2.75) is 0 Å². The number of hydrogen-bond acceptors (Lipinski definition) is 2. The Morgan fingerprint density at radius 3 is 1.93 bits per heavy atom. The minimum absolute atomic E-state index is 0.0244. The van der Waals surface area contributed by atoms with Crippen LogP contribution in [0.4, 0.5) is 0 Å². The van der Waals surface area contributed by atoms with E-state index in [1.165, 1.54) is 3.57 Å². The van der Waals surface area contributed by atoms with Crippen LogP contribution >= 0.6 is 113 Å². The zero-order chi connectivity index (χ0) is 19.5. The lowest BCUT2D eigenvalue weighted by atomic mass is 10.0. The molecular weight excluding hydrogens is 911 g/mol. The number of aliphatic imine (C=N–C) groups is 1. The number of nitrogens with one attached hydrogen (secondary N) is 1. The molecule has 0 radical (unpaired) electrons. The van der Waals surface area contributed by atoms with Gasteiger partial charge in [-0.15, -0.1) is 0 Å². The van der Waals surface area contributed by atoms with E-state index in [0.717, 1.165) is 25.4 Å². The first-order valence-corrected chi connectivity index (χ1v) is 12.9. The molecule has 0 saturated heterocycles. The Hall–Kier alpha value is 0.510. The summed E-state index contributed by atoms with van der Waals surface area (Å²) < 4.78 is 5.48. The van der Waals surface area contributed by atoms with E-state index in [-0.39, 0.29) is 11.8 Å². The smallest absolute Gasteiger partial charge is 0.280 e. The summed E-state index contributed by atoms with van der Waals surface area (Å²) in [6.07, 6.45) is 0. The van der Waals surface area contributed by atoms with Crippen molar-refractivity contribution in [3.8, 4) is 17.1 Å². The number of aromatic hydroxyl groups is 1. The molecule has 0 aliphatic carbocycles. The van der Waals surface area contributed by atoms with Crippen LogP contribution < -0.4 is 0 Å². The van der Waals surface area contributed by atoms with Crippen molar-refractivity contribution in [2.24, 2.45) is 4.99 Å². The number of carbonyl (C=O) groups is 1. The molecule has 0 atom stereocenters. The number of nitrogens with zero attached hydrogens (tertiary/aromatic N) is 1. The highest BCUT2D eigenvalue weighted by Crippen LogP contribution is 2.41. The highest BCUT2D eigenvalue weighted by atomic mass is 127. The molecule has 4 nitrogen and oxygen atoms in total. The quantitative estimate of drug-likeness (QED) is 0.178. The lowest BCUT2D eigenvalue weighted by Gasteiger charge is -2.14. The molecule has 4 rings (SSSR count). The summed E-state index contributed by atoms with van der Waals surface area (Å²) in [4.78, 5) is 20.1. The second kappa shape index (κ2) is 7.98. The number of rotatable bonds is 2. The molecule has 3 aromatic rings. The van der Waals surface area contributed by atoms with Gasteiger partial charge in [0.1, 0.15) is 0 Å². The minimum Gasteiger partial charge on any atom is -0.494 e. The molecule has 0 unspecified atom stereocenters. The van der Waals surface area contributed by atoms with E-state index < -0.39 is 0 Å². The lowest BCUT2D eigenvalue weighted by Crippen LogP contribution is -2.10. The molecule has 2 aromatic carbocycles. The van der Waals surface area contributed by atoms with Gasteiger partial charge in [-0.05, 0) is 119 Å². The van der Waals surface area contributed by atoms with Crippen LogP contribution in [0.5, 0.6) is 5.88 Å². The number of carbonyl (C=O) groups excluding carboxylic acids is 1. The van der Waals surface area contributed by atoms with Gasteiger partial charge >= 0.3 is 0 Å². The van der Waals surface area contributed by atoms with Gasteiger partial charge in [-0.3, -0.25) is 4.79 Å². The van der Waals surface area contributed by atoms with Crippen molar-refractivity contribution < 1.29 is 9.90 Å². The molecule has 0 saturated carbocycles. The maximum absolute atomic E-state index is 12.8. The normalized spacial score (nSPS) is 13.1. The van der Waals surface area contributed by atoms with Crippen LogP contribution in [0, 0.1) is 17.9 Å². The molecule has 2 N–H and O–H groups in total. The van der Waals surface area contributed by atoms with Crippen molar-refractivity contribution in [3.63, 3.8) is 0 Å². The van der Waals surface area contributed by atoms with Gasteiger partial charge in [-0.25, -0.2) is 4.99 Å². The third-order valence-electron chi connectivity index (χ3n) is 4.15. The van der Waals surface area contributed by atoms with Crippen LogP contribution in [-0.2, 0) is 0 Å². The molecule has 1 aliphatic heterocycles. The van der Waals surface area contributed by atoms with Gasteiger partial charge in [-0.2, -0.15) is 0 Å². The van der Waals surface area contributed by atoms with E-state index in [9.17, 15) is 9.90 Å². The molecule has 2 heterocycles. The van der Waals surface area contributed by atoms with Gasteiger partial charge in [0, 0.05) is 23.4 Å². The molecule has 0 spiro atoms. The van der Waals surface area contributed by atoms with Crippen molar-refractivity contribution in [1.82, 2.24) is 4.98 Å². The largest absolute Gasteiger partial charge is 0.494 e. The summed E-state index contributed by atoms with van der Waals surface area (Å²) in [6, 6.07) is 9.52. The second-order valence-electron chi connectivity index (χ2n) is 5.68. The molecule has 1 aromatic heterocycles. The van der Waals surface area contributed by atoms with Gasteiger partial charge in [0.05, 0.1) is 22.5 Å². The molecule has 27 heavy (non-hydrogen) atoms. The van der Waals surface area contributed by atoms with Crippen molar-refractivity contribution >= 4 is 125 Å². The molecule has 0 fully saturated rings. The van der Waals surface area contributed by atoms with Crippen molar-refractivity contribution in [2.75, 3.05) is 0 Å². The van der Waals surface area contributed by atoms with Gasteiger partial charge in [0.2, 0.25) is 0 Å². The third kappa shape index (κ3) is 3.39. The monoisotopic (exact) mass is 918 g/mol. The molecule has 1 amide bonds. The van der Waals surface area contributed by atoms with Crippen LogP contribution in [0.2, 0.25) is 0 Å². The number of benzene rings is 2. The van der Waals surface area contributed by atoms with Crippen LogP contribution in [0.1, 0.15) is 21.5 Å². The first-order chi connectivity index (χ1) is 12.8. The fourth-order valence-electron chi connectivity index (χ4n) is 2.96. The predicted octanol–water partition coefficient (Wildman–Crippen LogP) is 6.40. The van der Waals surface area contributed by atoms with Gasteiger partial charge in [0.25, 0.3) is 5.91 Å². The molecule has 136 valence electrons. The van der Waals surface area contributed by atoms with E-state index in [2.05, 4.69) is 123 Å². The fourth-order valence-corrected chi connectivity index (χ4v) is 8.23. The minimum atomic E-state index is -0.328. The maximum atomic E-state index is 12.8. The maximum Gasteiger partial charge on any atom is 0.280 e. The van der Waals surface area contributed by atoms with Crippen LogP contribution in [0.25, 0.3) is 11.3 Å². The van der Waals surface area contributed by atoms with Gasteiger partial charge < -0.3 is 10.1 Å². The van der Waals surface area contributed by atoms with Crippen molar-refractivity contribution in [1.29, 1.82) is 0 Å². The van der Waals surface area contributed by atoms with E-state index in [1.54, 1.807) is 0 Å². The zero-order valence-electron chi connectivity index (χ0n) is 13.1. The van der Waals surface area contributed by atoms with E-state index >= 15 is 0 Å². The number of hydrogen-bond donors (Lipinski definition) is 2. The Balaban J connectivity index is 1.99. The van der Waals surface area contributed by atoms with Crippen LogP contribution in [-0.4, -0.2) is 21.7 Å². The van der Waals surface area contributed by atoms with Gasteiger partial charge in [0.15, 0.2) is 5.88 Å². The zero-order valence-corrected chi connectivity index (χ0v) is 23.9. The number of halogens is 5. The Kier molecular flexibility index (Phi) is 6.13. The van der Waals surface area contributed by atoms with Crippen LogP contribution in [0.15, 0.2) is 35.3 Å². The summed E-state index contributed by atoms with van der Waals surface area (Å²) >= 11 is 11.6. The Labute approximate surface area is 223 Å². The van der Waals surface area contributed by atoms with E-state index in [4.69, 9.17) is 0 Å². The number of aromatic nitrogens is 1. The average Bonchev–Trinajstić information content (AvgIpc) is 3.18. The van der Waals surface area contributed by atoms with Crippen molar-refractivity contribution in [3.05, 3.63) is 64.9 Å². The molecule has 9 heteroatoms. The highest BCUT2D eigenvalue weighted by Gasteiger charge is 2.36.